The van der Waals surface area contributed by atoms with Crippen LogP contribution < -0.4 is 10.7 Å². The molecule has 8 heteroatoms. The van der Waals surface area contributed by atoms with E-state index < -0.39 is 0 Å². The van der Waals surface area contributed by atoms with Crippen molar-refractivity contribution in [2.24, 2.45) is 11.0 Å². The molecule has 210 valence electrons. The summed E-state index contributed by atoms with van der Waals surface area (Å²) < 4.78 is 0. The van der Waals surface area contributed by atoms with Gasteiger partial charge in [0, 0.05) is 23.6 Å². The zero-order valence-electron chi connectivity index (χ0n) is 23.3. The number of aliphatic hydroxyl groups is 1. The molecule has 7 nitrogen and oxygen atoms in total. The van der Waals surface area contributed by atoms with Crippen LogP contribution in [0, 0.1) is 19.8 Å². The fourth-order valence-corrected chi connectivity index (χ4v) is 6.81. The van der Waals surface area contributed by atoms with Crippen LogP contribution in [0.5, 0.6) is 0 Å². The molecule has 1 aromatic heterocycles. The first-order valence-electron chi connectivity index (χ1n) is 14.2. The topological polar surface area (TPSA) is 94.0 Å². The van der Waals surface area contributed by atoms with Gasteiger partial charge in [0.2, 0.25) is 0 Å². The highest BCUT2D eigenvalue weighted by atomic mass is 32.1. The third-order valence-corrected chi connectivity index (χ3v) is 9.30. The molecular weight excluding hydrogens is 520 g/mol. The first-order chi connectivity index (χ1) is 19.4. The highest BCUT2D eigenvalue weighted by Crippen LogP contribution is 2.38. The molecule has 1 aliphatic carbocycles. The Hall–Kier alpha value is -3.33. The van der Waals surface area contributed by atoms with Crippen LogP contribution in [0.1, 0.15) is 79.1 Å². The van der Waals surface area contributed by atoms with Gasteiger partial charge in [-0.1, -0.05) is 30.3 Å². The normalized spacial score (nSPS) is 16.2. The number of rotatable bonds is 8. The lowest BCUT2D eigenvalue weighted by atomic mass is 9.95. The first kappa shape index (κ1) is 28.2. The number of aryl methyl sites for hydroxylation is 3. The van der Waals surface area contributed by atoms with Crippen LogP contribution in [0.15, 0.2) is 47.6 Å². The summed E-state index contributed by atoms with van der Waals surface area (Å²) in [7, 11) is 0. The Labute approximate surface area is 240 Å². The van der Waals surface area contributed by atoms with Crippen LogP contribution in [0.3, 0.4) is 0 Å². The maximum Gasteiger partial charge on any atom is 0.274 e. The summed E-state index contributed by atoms with van der Waals surface area (Å²) in [6, 6.07) is 13.8. The Morgan fingerprint density at radius 1 is 1.05 bits per heavy atom. The lowest BCUT2D eigenvalue weighted by Gasteiger charge is -2.31. The van der Waals surface area contributed by atoms with E-state index in [9.17, 15) is 14.7 Å². The number of piperidine rings is 1. The summed E-state index contributed by atoms with van der Waals surface area (Å²) in [6.45, 7) is 7.05. The van der Waals surface area contributed by atoms with Crippen molar-refractivity contribution < 1.29 is 14.7 Å². The quantitative estimate of drug-likeness (QED) is 0.253. The molecule has 0 radical (unpaired) electrons. The number of carbonyl (C=O) groups excluding carboxylic acids is 2. The van der Waals surface area contributed by atoms with Gasteiger partial charge in [0.05, 0.1) is 11.8 Å². The van der Waals surface area contributed by atoms with E-state index in [2.05, 4.69) is 34.6 Å². The average molecular weight is 559 g/mol. The molecule has 0 spiro atoms. The van der Waals surface area contributed by atoms with Gasteiger partial charge in [0.25, 0.3) is 11.8 Å². The number of aliphatic hydroxyl groups excluding tert-OH is 1. The van der Waals surface area contributed by atoms with Crippen LogP contribution >= 0.6 is 11.3 Å². The molecule has 3 N–H and O–H groups in total. The molecule has 1 saturated heterocycles. The van der Waals surface area contributed by atoms with Crippen molar-refractivity contribution in [2.45, 2.75) is 58.9 Å². The van der Waals surface area contributed by atoms with Crippen molar-refractivity contribution in [3.8, 4) is 0 Å². The molecule has 0 bridgehead atoms. The zero-order valence-corrected chi connectivity index (χ0v) is 24.2. The van der Waals surface area contributed by atoms with E-state index in [-0.39, 0.29) is 18.4 Å². The smallest absolute Gasteiger partial charge is 0.274 e. The number of nitrogens with one attached hydrogen (secondary N) is 2. The minimum atomic E-state index is -0.296. The van der Waals surface area contributed by atoms with Gasteiger partial charge in [0.1, 0.15) is 5.00 Å². The lowest BCUT2D eigenvalue weighted by molar-refractivity contribution is 0.0955. The largest absolute Gasteiger partial charge is 0.396 e. The number of amides is 2. The third kappa shape index (κ3) is 6.69. The molecule has 2 heterocycles. The molecular formula is C32H38N4O3S. The Kier molecular flexibility index (Phi) is 9.09. The minimum absolute atomic E-state index is 0.216. The highest BCUT2D eigenvalue weighted by Gasteiger charge is 2.27. The van der Waals surface area contributed by atoms with E-state index in [4.69, 9.17) is 0 Å². The highest BCUT2D eigenvalue weighted by molar-refractivity contribution is 7.17. The molecule has 2 aliphatic rings. The van der Waals surface area contributed by atoms with Crippen LogP contribution in [0.25, 0.3) is 0 Å². The van der Waals surface area contributed by atoms with Gasteiger partial charge in [-0.05, 0) is 111 Å². The maximum atomic E-state index is 13.4. The van der Waals surface area contributed by atoms with Crippen molar-refractivity contribution in [1.29, 1.82) is 0 Å². The first-order valence-corrected chi connectivity index (χ1v) is 15.0. The summed E-state index contributed by atoms with van der Waals surface area (Å²) in [4.78, 5) is 30.3. The molecule has 1 aliphatic heterocycles. The summed E-state index contributed by atoms with van der Waals surface area (Å²) in [5.41, 5.74) is 9.22. The van der Waals surface area contributed by atoms with Crippen molar-refractivity contribution in [1.82, 2.24) is 10.3 Å². The Balaban J connectivity index is 1.29. The average Bonchev–Trinajstić information content (AvgIpc) is 3.33. The van der Waals surface area contributed by atoms with E-state index in [0.717, 1.165) is 74.8 Å². The number of fused-ring (bicyclic) bond motifs is 1. The number of hydrogen-bond acceptors (Lipinski definition) is 6. The molecule has 3 aromatic rings. The second-order valence-electron chi connectivity index (χ2n) is 11.0. The number of hydrogen-bond donors (Lipinski definition) is 3. The number of hydrazone groups is 1. The molecule has 1 fully saturated rings. The van der Waals surface area contributed by atoms with E-state index in [1.54, 1.807) is 6.21 Å². The molecule has 2 amide bonds. The number of anilines is 1. The van der Waals surface area contributed by atoms with Gasteiger partial charge in [0.15, 0.2) is 0 Å². The minimum Gasteiger partial charge on any atom is -0.396 e. The lowest BCUT2D eigenvalue weighted by Crippen LogP contribution is -2.34. The van der Waals surface area contributed by atoms with Gasteiger partial charge in [-0.2, -0.15) is 5.10 Å². The Morgan fingerprint density at radius 2 is 1.85 bits per heavy atom. The molecule has 0 atom stereocenters. The second-order valence-corrected chi connectivity index (χ2v) is 12.1. The second kappa shape index (κ2) is 12.9. The van der Waals surface area contributed by atoms with E-state index in [1.807, 2.05) is 42.5 Å². The summed E-state index contributed by atoms with van der Waals surface area (Å²) >= 11 is 1.51. The molecule has 0 saturated carbocycles. The van der Waals surface area contributed by atoms with Crippen LogP contribution in [0.2, 0.25) is 0 Å². The summed E-state index contributed by atoms with van der Waals surface area (Å²) in [6.07, 6.45) is 7.52. The van der Waals surface area contributed by atoms with Crippen LogP contribution in [0.4, 0.5) is 5.00 Å². The SMILES string of the molecule is Cc1ccc(/C=N/NC(=O)c2c(NC(=O)c3cccc(CN4CCC(CO)CC4)c3)sc3c2CCCC3)cc1C. The van der Waals surface area contributed by atoms with Gasteiger partial charge < -0.3 is 10.4 Å². The van der Waals surface area contributed by atoms with Crippen molar-refractivity contribution >= 4 is 34.4 Å². The van der Waals surface area contributed by atoms with Crippen molar-refractivity contribution in [3.05, 3.63) is 86.3 Å². The predicted octanol–water partition coefficient (Wildman–Crippen LogP) is 5.46. The van der Waals surface area contributed by atoms with Gasteiger partial charge in [-0.15, -0.1) is 11.3 Å². The molecule has 40 heavy (non-hydrogen) atoms. The number of benzene rings is 2. The standard InChI is InChI=1S/C32H38N4O3S/c1-21-10-11-24(16-22(21)2)18-33-35-31(39)29-27-8-3-4-9-28(27)40-32(29)34-30(38)26-7-5-6-25(17-26)19-36-14-12-23(20-37)13-15-36/h5-7,10-11,16-18,23,37H,3-4,8-9,12-15,19-20H2,1-2H3,(H,34,38)(H,35,39)/b33-18+. The van der Waals surface area contributed by atoms with Crippen LogP contribution in [-0.4, -0.2) is 47.7 Å². The van der Waals surface area contributed by atoms with Crippen molar-refractivity contribution in [2.75, 3.05) is 25.0 Å². The monoisotopic (exact) mass is 558 g/mol. The van der Waals surface area contributed by atoms with E-state index >= 15 is 0 Å². The molecule has 2 aromatic carbocycles. The fourth-order valence-electron chi connectivity index (χ4n) is 5.53. The zero-order chi connectivity index (χ0) is 28.1. The van der Waals surface area contributed by atoms with Gasteiger partial charge in [-0.25, -0.2) is 5.43 Å². The summed E-state index contributed by atoms with van der Waals surface area (Å²) in [5.74, 6) is -0.115. The Bertz CT molecular complexity index is 1410. The predicted molar refractivity (Wildman–Crippen MR) is 161 cm³/mol. The van der Waals surface area contributed by atoms with Crippen molar-refractivity contribution in [3.63, 3.8) is 0 Å². The number of likely N-dealkylation sites (tertiary alicyclic amines) is 1. The maximum absolute atomic E-state index is 13.4. The fraction of sp³-hybridized carbons (Fsp3) is 0.406. The third-order valence-electron chi connectivity index (χ3n) is 8.10. The van der Waals surface area contributed by atoms with E-state index in [0.29, 0.717) is 22.0 Å². The van der Waals surface area contributed by atoms with Crippen LogP contribution in [-0.2, 0) is 19.4 Å². The van der Waals surface area contributed by atoms with Gasteiger partial charge >= 0.3 is 0 Å². The number of nitrogens with zero attached hydrogens (tertiary/aromatic N) is 2. The molecule has 5 rings (SSSR count). The van der Waals surface area contributed by atoms with Gasteiger partial charge in [-0.3, -0.25) is 14.5 Å². The number of carbonyl (C=O) groups is 2. The summed E-state index contributed by atoms with van der Waals surface area (Å²) in [5, 5.41) is 17.3. The van der Waals surface area contributed by atoms with E-state index in [1.165, 1.54) is 27.3 Å². The molecule has 0 unspecified atom stereocenters. The Morgan fingerprint density at radius 3 is 2.62 bits per heavy atom. The number of thiophene rings is 1.